The number of aromatic nitrogens is 2. The smallest absolute Gasteiger partial charge is 0.235 e. The van der Waals surface area contributed by atoms with Gasteiger partial charge in [0.15, 0.2) is 8.32 Å². The first-order valence-corrected chi connectivity index (χ1v) is 9.51. The molecule has 0 spiro atoms. The Morgan fingerprint density at radius 1 is 1.50 bits per heavy atom. The molecule has 0 atom stereocenters. The molecular formula is C13H23N3O3Si. The van der Waals surface area contributed by atoms with Gasteiger partial charge in [-0.2, -0.15) is 5.10 Å². The van der Waals surface area contributed by atoms with Crippen LogP contribution in [0.1, 0.15) is 26.3 Å². The van der Waals surface area contributed by atoms with E-state index in [0.717, 1.165) is 6.20 Å². The zero-order chi connectivity index (χ0) is 15.4. The van der Waals surface area contributed by atoms with Gasteiger partial charge in [0, 0.05) is 17.8 Å². The second-order valence-corrected chi connectivity index (χ2v) is 11.1. The van der Waals surface area contributed by atoms with Crippen molar-refractivity contribution < 1.29 is 9.35 Å². The fourth-order valence-electron chi connectivity index (χ4n) is 1.35. The maximum Gasteiger partial charge on any atom is 0.235 e. The summed E-state index contributed by atoms with van der Waals surface area (Å²) in [4.78, 5) is 9.74. The minimum absolute atomic E-state index is 0.191. The average molecular weight is 297 g/mol. The number of hydrogen-bond donors (Lipinski definition) is 0. The summed E-state index contributed by atoms with van der Waals surface area (Å²) in [6.07, 6.45) is 5.72. The standard InChI is InChI=1S/C13H23N3O3Si/c1-13(2,3)20(4,5)19-9-8-15-11-12(10-14-15)6-7-16(17)18/h6-7,10-11H,8-9H2,1-5H3/b7-6+. The van der Waals surface area contributed by atoms with Crippen LogP contribution in [0.15, 0.2) is 18.6 Å². The first kappa shape index (κ1) is 16.6. The third kappa shape index (κ3) is 4.90. The van der Waals surface area contributed by atoms with E-state index < -0.39 is 13.2 Å². The number of nitrogens with zero attached hydrogens (tertiary/aromatic N) is 3. The molecule has 6 nitrogen and oxygen atoms in total. The van der Waals surface area contributed by atoms with Crippen LogP contribution in [0.5, 0.6) is 0 Å². The van der Waals surface area contributed by atoms with Gasteiger partial charge in [-0.1, -0.05) is 20.8 Å². The minimum atomic E-state index is -1.73. The molecule has 7 heteroatoms. The van der Waals surface area contributed by atoms with Crippen LogP contribution in [0.3, 0.4) is 0 Å². The van der Waals surface area contributed by atoms with Crippen molar-refractivity contribution in [2.45, 2.75) is 45.4 Å². The highest BCUT2D eigenvalue weighted by molar-refractivity contribution is 6.74. The zero-order valence-corrected chi connectivity index (χ0v) is 13.8. The van der Waals surface area contributed by atoms with Gasteiger partial charge in [-0.05, 0) is 18.1 Å². The van der Waals surface area contributed by atoms with Crippen LogP contribution in [-0.4, -0.2) is 29.6 Å². The van der Waals surface area contributed by atoms with E-state index in [2.05, 4.69) is 39.0 Å². The van der Waals surface area contributed by atoms with Gasteiger partial charge in [0.2, 0.25) is 6.20 Å². The summed E-state index contributed by atoms with van der Waals surface area (Å²) in [6.45, 7) is 12.3. The summed E-state index contributed by atoms with van der Waals surface area (Å²) >= 11 is 0. The molecule has 0 saturated carbocycles. The van der Waals surface area contributed by atoms with Gasteiger partial charge < -0.3 is 4.43 Å². The SMILES string of the molecule is CC(C)(C)[Si](C)(C)OCCn1cc(/C=C/[N+](=O)[O-])cn1. The van der Waals surface area contributed by atoms with E-state index >= 15 is 0 Å². The summed E-state index contributed by atoms with van der Waals surface area (Å²) in [5.41, 5.74) is 0.717. The number of nitro groups is 1. The lowest BCUT2D eigenvalue weighted by Gasteiger charge is -2.36. The fourth-order valence-corrected chi connectivity index (χ4v) is 2.38. The molecule has 0 aliphatic carbocycles. The summed E-state index contributed by atoms with van der Waals surface area (Å²) < 4.78 is 7.80. The van der Waals surface area contributed by atoms with Gasteiger partial charge in [0.25, 0.3) is 0 Å². The minimum Gasteiger partial charge on any atom is -0.415 e. The Morgan fingerprint density at radius 3 is 2.70 bits per heavy atom. The van der Waals surface area contributed by atoms with Gasteiger partial charge in [-0.25, -0.2) is 0 Å². The molecule has 0 radical (unpaired) electrons. The molecule has 0 unspecified atom stereocenters. The largest absolute Gasteiger partial charge is 0.415 e. The van der Waals surface area contributed by atoms with Gasteiger partial charge >= 0.3 is 0 Å². The molecule has 1 rings (SSSR count). The lowest BCUT2D eigenvalue weighted by molar-refractivity contribution is -0.400. The Bertz CT molecular complexity index is 489. The van der Waals surface area contributed by atoms with E-state index in [4.69, 9.17) is 4.43 Å². The Hall–Kier alpha value is -1.47. The highest BCUT2D eigenvalue weighted by atomic mass is 28.4. The first-order valence-electron chi connectivity index (χ1n) is 6.60. The third-order valence-electron chi connectivity index (χ3n) is 3.63. The van der Waals surface area contributed by atoms with Gasteiger partial charge in [0.05, 0.1) is 24.3 Å². The average Bonchev–Trinajstić information content (AvgIpc) is 2.72. The van der Waals surface area contributed by atoms with Crippen LogP contribution in [0.4, 0.5) is 0 Å². The summed E-state index contributed by atoms with van der Waals surface area (Å²) in [7, 11) is -1.73. The highest BCUT2D eigenvalue weighted by Gasteiger charge is 2.36. The molecule has 0 aliphatic rings. The summed E-state index contributed by atoms with van der Waals surface area (Å²) in [6, 6.07) is 0. The van der Waals surface area contributed by atoms with Crippen molar-refractivity contribution in [3.63, 3.8) is 0 Å². The lowest BCUT2D eigenvalue weighted by Crippen LogP contribution is -2.41. The maximum atomic E-state index is 10.2. The molecule has 1 aromatic heterocycles. The molecule has 1 aromatic rings. The molecule has 0 aromatic carbocycles. The Labute approximate surface area is 120 Å². The molecule has 0 aliphatic heterocycles. The zero-order valence-electron chi connectivity index (χ0n) is 12.8. The van der Waals surface area contributed by atoms with Gasteiger partial charge in [-0.3, -0.25) is 14.8 Å². The molecule has 1 heterocycles. The topological polar surface area (TPSA) is 70.2 Å². The highest BCUT2D eigenvalue weighted by Crippen LogP contribution is 2.36. The molecule has 0 amide bonds. The van der Waals surface area contributed by atoms with Gasteiger partial charge in [-0.15, -0.1) is 0 Å². The predicted molar refractivity (Wildman–Crippen MR) is 81.4 cm³/mol. The molecule has 0 saturated heterocycles. The van der Waals surface area contributed by atoms with Crippen LogP contribution < -0.4 is 0 Å². The molecule has 112 valence electrons. The van der Waals surface area contributed by atoms with E-state index in [1.54, 1.807) is 17.1 Å². The molecule has 0 bridgehead atoms. The van der Waals surface area contributed by atoms with Crippen LogP contribution >= 0.6 is 0 Å². The predicted octanol–water partition coefficient (Wildman–Crippen LogP) is 3.15. The Balaban J connectivity index is 2.49. The van der Waals surface area contributed by atoms with Crippen molar-refractivity contribution in [1.82, 2.24) is 9.78 Å². The quantitative estimate of drug-likeness (QED) is 0.459. The van der Waals surface area contributed by atoms with Crippen LogP contribution in [0.2, 0.25) is 18.1 Å². The first-order chi connectivity index (χ1) is 9.12. The Morgan fingerprint density at radius 2 is 2.15 bits per heavy atom. The molecule has 0 N–H and O–H groups in total. The van der Waals surface area contributed by atoms with Crippen molar-refractivity contribution in [2.75, 3.05) is 6.61 Å². The Kier molecular flexibility index (Phi) is 5.24. The normalized spacial score (nSPS) is 13.1. The number of rotatable bonds is 6. The van der Waals surface area contributed by atoms with Crippen LogP contribution in [0.25, 0.3) is 6.08 Å². The van der Waals surface area contributed by atoms with Crippen molar-refractivity contribution in [1.29, 1.82) is 0 Å². The summed E-state index contributed by atoms with van der Waals surface area (Å²) in [5, 5.41) is 14.6. The lowest BCUT2D eigenvalue weighted by atomic mass is 10.2. The van der Waals surface area contributed by atoms with E-state index in [0.29, 0.717) is 18.7 Å². The van der Waals surface area contributed by atoms with Crippen molar-refractivity contribution in [3.05, 3.63) is 34.3 Å². The van der Waals surface area contributed by atoms with Crippen LogP contribution in [-0.2, 0) is 11.0 Å². The van der Waals surface area contributed by atoms with Gasteiger partial charge in [0.1, 0.15) is 0 Å². The summed E-state index contributed by atoms with van der Waals surface area (Å²) in [5.74, 6) is 0. The van der Waals surface area contributed by atoms with Crippen molar-refractivity contribution >= 4 is 14.4 Å². The maximum absolute atomic E-state index is 10.2. The van der Waals surface area contributed by atoms with E-state index in [1.165, 1.54) is 6.08 Å². The number of hydrogen-bond acceptors (Lipinski definition) is 4. The van der Waals surface area contributed by atoms with Crippen molar-refractivity contribution in [3.8, 4) is 0 Å². The molecule has 0 fully saturated rings. The second-order valence-electron chi connectivity index (χ2n) is 6.25. The molecular weight excluding hydrogens is 274 g/mol. The fraction of sp³-hybridized carbons (Fsp3) is 0.615. The molecule has 20 heavy (non-hydrogen) atoms. The third-order valence-corrected chi connectivity index (χ3v) is 8.17. The van der Waals surface area contributed by atoms with Crippen molar-refractivity contribution in [2.24, 2.45) is 0 Å². The monoisotopic (exact) mass is 297 g/mol. The van der Waals surface area contributed by atoms with E-state index in [-0.39, 0.29) is 5.04 Å². The van der Waals surface area contributed by atoms with E-state index in [1.807, 2.05) is 0 Å². The van der Waals surface area contributed by atoms with Crippen LogP contribution in [0, 0.1) is 10.1 Å². The van der Waals surface area contributed by atoms with E-state index in [9.17, 15) is 10.1 Å². The second kappa shape index (κ2) is 6.32.